The summed E-state index contributed by atoms with van der Waals surface area (Å²) >= 11 is 0. The molecule has 2 fully saturated rings. The van der Waals surface area contributed by atoms with Crippen LogP contribution < -0.4 is 4.90 Å². The molecule has 0 aromatic carbocycles. The SMILES string of the molecule is CCCc1cnc(C)nc1N1CCC[C@H](c2nccn2CC2CC2)C1. The zero-order valence-electron chi connectivity index (χ0n) is 15.5. The predicted molar refractivity (Wildman–Crippen MR) is 99.9 cm³/mol. The topological polar surface area (TPSA) is 46.8 Å². The standard InChI is InChI=1S/C20H29N5/c1-3-5-17-12-22-15(2)23-20(17)24-10-4-6-18(14-24)19-21-9-11-25(19)13-16-7-8-16/h9,11-12,16,18H,3-8,10,13-14H2,1-2H3/t18-/m0/s1. The smallest absolute Gasteiger partial charge is 0.135 e. The van der Waals surface area contributed by atoms with Crippen molar-refractivity contribution in [2.45, 2.75) is 64.8 Å². The second kappa shape index (κ2) is 7.14. The maximum atomic E-state index is 4.80. The Bertz CT molecular complexity index is 719. The fourth-order valence-corrected chi connectivity index (χ4v) is 4.00. The summed E-state index contributed by atoms with van der Waals surface area (Å²) in [5, 5.41) is 0. The van der Waals surface area contributed by atoms with Gasteiger partial charge in [-0.25, -0.2) is 15.0 Å². The van der Waals surface area contributed by atoms with Gasteiger partial charge in [-0.1, -0.05) is 13.3 Å². The van der Waals surface area contributed by atoms with Crippen molar-refractivity contribution in [1.29, 1.82) is 0 Å². The minimum absolute atomic E-state index is 0.507. The van der Waals surface area contributed by atoms with Gasteiger partial charge in [-0.05, 0) is 44.9 Å². The quantitative estimate of drug-likeness (QED) is 0.804. The van der Waals surface area contributed by atoms with Gasteiger partial charge in [-0.2, -0.15) is 0 Å². The van der Waals surface area contributed by atoms with Crippen molar-refractivity contribution in [3.8, 4) is 0 Å². The third-order valence-corrected chi connectivity index (χ3v) is 5.47. The lowest BCUT2D eigenvalue weighted by atomic mass is 9.96. The maximum absolute atomic E-state index is 4.80. The first kappa shape index (κ1) is 16.6. The molecule has 1 saturated carbocycles. The van der Waals surface area contributed by atoms with E-state index in [1.54, 1.807) is 0 Å². The minimum Gasteiger partial charge on any atom is -0.356 e. The van der Waals surface area contributed by atoms with E-state index in [0.29, 0.717) is 5.92 Å². The molecule has 1 aliphatic heterocycles. The first-order chi connectivity index (χ1) is 12.2. The van der Waals surface area contributed by atoms with E-state index < -0.39 is 0 Å². The van der Waals surface area contributed by atoms with Gasteiger partial charge in [0.1, 0.15) is 17.5 Å². The van der Waals surface area contributed by atoms with Crippen molar-refractivity contribution in [1.82, 2.24) is 19.5 Å². The van der Waals surface area contributed by atoms with Crippen LogP contribution in [-0.4, -0.2) is 32.6 Å². The predicted octanol–water partition coefficient (Wildman–Crippen LogP) is 3.73. The lowest BCUT2D eigenvalue weighted by Gasteiger charge is -2.34. The van der Waals surface area contributed by atoms with Crippen LogP contribution in [0.2, 0.25) is 0 Å². The van der Waals surface area contributed by atoms with Gasteiger partial charge in [-0.15, -0.1) is 0 Å². The van der Waals surface area contributed by atoms with Crippen LogP contribution in [-0.2, 0) is 13.0 Å². The summed E-state index contributed by atoms with van der Waals surface area (Å²) in [7, 11) is 0. The molecule has 25 heavy (non-hydrogen) atoms. The monoisotopic (exact) mass is 339 g/mol. The summed E-state index contributed by atoms with van der Waals surface area (Å²) in [6.45, 7) is 7.47. The van der Waals surface area contributed by atoms with Crippen molar-refractivity contribution >= 4 is 5.82 Å². The molecule has 1 aliphatic carbocycles. The normalized spacial score (nSPS) is 20.9. The molecule has 2 aromatic heterocycles. The van der Waals surface area contributed by atoms with Gasteiger partial charge in [0.25, 0.3) is 0 Å². The van der Waals surface area contributed by atoms with Crippen molar-refractivity contribution in [3.63, 3.8) is 0 Å². The van der Waals surface area contributed by atoms with E-state index in [-0.39, 0.29) is 0 Å². The molecule has 0 bridgehead atoms. The van der Waals surface area contributed by atoms with Gasteiger partial charge in [-0.3, -0.25) is 0 Å². The number of anilines is 1. The van der Waals surface area contributed by atoms with Crippen LogP contribution in [0.3, 0.4) is 0 Å². The van der Waals surface area contributed by atoms with E-state index in [9.17, 15) is 0 Å². The Morgan fingerprint density at radius 3 is 2.88 bits per heavy atom. The van der Waals surface area contributed by atoms with Gasteiger partial charge >= 0.3 is 0 Å². The number of aryl methyl sites for hydroxylation is 2. The fraction of sp³-hybridized carbons (Fsp3) is 0.650. The molecule has 5 heteroatoms. The van der Waals surface area contributed by atoms with Crippen LogP contribution in [0, 0.1) is 12.8 Å². The highest BCUT2D eigenvalue weighted by Gasteiger charge is 2.29. The van der Waals surface area contributed by atoms with Crippen molar-refractivity contribution in [2.24, 2.45) is 5.92 Å². The lowest BCUT2D eigenvalue weighted by molar-refractivity contribution is 0.460. The van der Waals surface area contributed by atoms with E-state index in [4.69, 9.17) is 9.97 Å². The number of hydrogen-bond donors (Lipinski definition) is 0. The Labute approximate surface area is 150 Å². The average molecular weight is 339 g/mol. The number of imidazole rings is 1. The summed E-state index contributed by atoms with van der Waals surface area (Å²) < 4.78 is 2.41. The van der Waals surface area contributed by atoms with Gasteiger partial charge in [0, 0.05) is 49.7 Å². The van der Waals surface area contributed by atoms with Crippen molar-refractivity contribution in [2.75, 3.05) is 18.0 Å². The number of piperidine rings is 1. The average Bonchev–Trinajstić information content (AvgIpc) is 3.32. The van der Waals surface area contributed by atoms with Crippen LogP contribution in [0.5, 0.6) is 0 Å². The zero-order valence-corrected chi connectivity index (χ0v) is 15.5. The number of aromatic nitrogens is 4. The van der Waals surface area contributed by atoms with Crippen LogP contribution >= 0.6 is 0 Å². The van der Waals surface area contributed by atoms with Gasteiger partial charge in [0.15, 0.2) is 0 Å². The molecule has 0 amide bonds. The highest BCUT2D eigenvalue weighted by molar-refractivity contribution is 5.47. The highest BCUT2D eigenvalue weighted by atomic mass is 15.2. The first-order valence-electron chi connectivity index (χ1n) is 9.83. The molecule has 5 nitrogen and oxygen atoms in total. The Kier molecular flexibility index (Phi) is 4.73. The highest BCUT2D eigenvalue weighted by Crippen LogP contribution is 2.34. The van der Waals surface area contributed by atoms with Gasteiger partial charge in [0.2, 0.25) is 0 Å². The van der Waals surface area contributed by atoms with Crippen molar-refractivity contribution < 1.29 is 0 Å². The Morgan fingerprint density at radius 2 is 2.08 bits per heavy atom. The zero-order chi connectivity index (χ0) is 17.2. The third-order valence-electron chi connectivity index (χ3n) is 5.47. The molecule has 2 aliphatic rings. The van der Waals surface area contributed by atoms with Gasteiger partial charge < -0.3 is 9.47 Å². The van der Waals surface area contributed by atoms with E-state index >= 15 is 0 Å². The molecular formula is C20H29N5. The number of nitrogens with zero attached hydrogens (tertiary/aromatic N) is 5. The molecule has 1 saturated heterocycles. The summed E-state index contributed by atoms with van der Waals surface area (Å²) in [5.74, 6) is 4.69. The Balaban J connectivity index is 1.55. The maximum Gasteiger partial charge on any atom is 0.135 e. The summed E-state index contributed by atoms with van der Waals surface area (Å²) in [6.07, 6.45) is 13.6. The second-order valence-electron chi connectivity index (χ2n) is 7.68. The Morgan fingerprint density at radius 1 is 1.20 bits per heavy atom. The number of hydrogen-bond acceptors (Lipinski definition) is 4. The molecule has 4 rings (SSSR count). The first-order valence-corrected chi connectivity index (χ1v) is 9.83. The molecule has 0 spiro atoms. The molecule has 134 valence electrons. The summed E-state index contributed by atoms with van der Waals surface area (Å²) in [4.78, 5) is 16.4. The molecule has 0 unspecified atom stereocenters. The largest absolute Gasteiger partial charge is 0.356 e. The molecular weight excluding hydrogens is 310 g/mol. The minimum atomic E-state index is 0.507. The second-order valence-corrected chi connectivity index (χ2v) is 7.68. The van der Waals surface area contributed by atoms with Crippen LogP contribution in [0.25, 0.3) is 0 Å². The van der Waals surface area contributed by atoms with Crippen LogP contribution in [0.1, 0.15) is 62.2 Å². The Hall–Kier alpha value is -1.91. The molecule has 2 aromatic rings. The van der Waals surface area contributed by atoms with E-state index in [1.807, 2.05) is 19.3 Å². The number of rotatable bonds is 6. The summed E-state index contributed by atoms with van der Waals surface area (Å²) in [6, 6.07) is 0. The van der Waals surface area contributed by atoms with E-state index in [0.717, 1.165) is 50.0 Å². The molecule has 1 atom stereocenters. The fourth-order valence-electron chi connectivity index (χ4n) is 4.00. The molecule has 0 radical (unpaired) electrons. The van der Waals surface area contributed by atoms with Crippen LogP contribution in [0.15, 0.2) is 18.6 Å². The van der Waals surface area contributed by atoms with Crippen LogP contribution in [0.4, 0.5) is 5.82 Å². The molecule has 0 N–H and O–H groups in total. The third kappa shape index (κ3) is 3.70. The van der Waals surface area contributed by atoms with E-state index in [2.05, 4.69) is 27.6 Å². The summed E-state index contributed by atoms with van der Waals surface area (Å²) in [5.41, 5.74) is 1.29. The van der Waals surface area contributed by atoms with Crippen molar-refractivity contribution in [3.05, 3.63) is 35.8 Å². The van der Waals surface area contributed by atoms with E-state index in [1.165, 1.54) is 37.1 Å². The molecule has 3 heterocycles. The van der Waals surface area contributed by atoms with Gasteiger partial charge in [0.05, 0.1) is 0 Å². The lowest BCUT2D eigenvalue weighted by Crippen LogP contribution is -2.36.